The number of rotatable bonds is 6. The van der Waals surface area contributed by atoms with Crippen molar-refractivity contribution in [1.29, 1.82) is 0 Å². The van der Waals surface area contributed by atoms with E-state index in [2.05, 4.69) is 16.2 Å². The van der Waals surface area contributed by atoms with Gasteiger partial charge in [0.1, 0.15) is 12.1 Å². The van der Waals surface area contributed by atoms with Gasteiger partial charge in [-0.25, -0.2) is 9.82 Å². The van der Waals surface area contributed by atoms with Crippen molar-refractivity contribution >= 4 is 5.91 Å². The zero-order valence-corrected chi connectivity index (χ0v) is 11.5. The lowest BCUT2D eigenvalue weighted by atomic mass is 10.2. The van der Waals surface area contributed by atoms with Crippen LogP contribution < -0.4 is 20.9 Å². The largest absolute Gasteiger partial charge is 0.486 e. The molecule has 0 bridgehead atoms. The number of halogens is 1. The molecule has 0 aliphatic carbocycles. The molecule has 1 aliphatic rings. The van der Waals surface area contributed by atoms with E-state index in [1.54, 1.807) is 18.2 Å². The molecule has 1 fully saturated rings. The Kier molecular flexibility index (Phi) is 5.31. The summed E-state index contributed by atoms with van der Waals surface area (Å²) in [4.78, 5) is 11.8. The van der Waals surface area contributed by atoms with Crippen LogP contribution in [0, 0.1) is 5.82 Å². The van der Waals surface area contributed by atoms with Gasteiger partial charge in [0.05, 0.1) is 6.54 Å². The van der Waals surface area contributed by atoms with Crippen LogP contribution in [0.5, 0.6) is 5.75 Å². The second kappa shape index (κ2) is 7.21. The van der Waals surface area contributed by atoms with Gasteiger partial charge in [0.25, 0.3) is 0 Å². The molecule has 2 rings (SSSR count). The lowest BCUT2D eigenvalue weighted by Gasteiger charge is -2.19. The van der Waals surface area contributed by atoms with Crippen LogP contribution in [0.25, 0.3) is 0 Å². The first-order chi connectivity index (χ1) is 9.70. The van der Waals surface area contributed by atoms with Crippen LogP contribution in [0.4, 0.5) is 4.39 Å². The molecule has 110 valence electrons. The zero-order chi connectivity index (χ0) is 14.4. The Bertz CT molecular complexity index is 450. The van der Waals surface area contributed by atoms with Gasteiger partial charge >= 0.3 is 0 Å². The normalized spacial score (nSPS) is 19.6. The van der Waals surface area contributed by atoms with Crippen LogP contribution in [0.1, 0.15) is 19.8 Å². The monoisotopic (exact) mass is 281 g/mol. The van der Waals surface area contributed by atoms with E-state index in [4.69, 9.17) is 4.74 Å². The van der Waals surface area contributed by atoms with Gasteiger partial charge in [0.2, 0.25) is 5.91 Å². The molecule has 0 radical (unpaired) electrons. The third-order valence-corrected chi connectivity index (χ3v) is 3.24. The topological polar surface area (TPSA) is 62.4 Å². The smallest absolute Gasteiger partial charge is 0.238 e. The number of amides is 1. The van der Waals surface area contributed by atoms with E-state index in [9.17, 15) is 9.18 Å². The van der Waals surface area contributed by atoms with E-state index in [-0.39, 0.29) is 29.6 Å². The van der Waals surface area contributed by atoms with E-state index in [1.807, 2.05) is 6.92 Å². The SMILES string of the molecule is CCC(CNC(=O)C1CCNN1)Oc1ccccc1F. The maximum absolute atomic E-state index is 13.5. The number of hydrazine groups is 1. The van der Waals surface area contributed by atoms with Crippen LogP contribution in [0.15, 0.2) is 24.3 Å². The number of hydrogen-bond donors (Lipinski definition) is 3. The Morgan fingerprint density at radius 2 is 2.35 bits per heavy atom. The Morgan fingerprint density at radius 3 is 3.00 bits per heavy atom. The molecule has 6 heteroatoms. The standard InChI is InChI=1S/C14H20FN3O2/c1-2-10(20-13-6-4-3-5-11(13)15)9-16-14(19)12-7-8-17-18-12/h3-6,10,12,17-18H,2,7-9H2,1H3,(H,16,19). The van der Waals surface area contributed by atoms with Crippen LogP contribution in [-0.4, -0.2) is 31.1 Å². The summed E-state index contributed by atoms with van der Waals surface area (Å²) in [5.41, 5.74) is 5.80. The molecule has 1 saturated heterocycles. The number of benzene rings is 1. The molecule has 5 nitrogen and oxygen atoms in total. The van der Waals surface area contributed by atoms with Crippen molar-refractivity contribution in [3.05, 3.63) is 30.1 Å². The van der Waals surface area contributed by atoms with Crippen molar-refractivity contribution in [3.8, 4) is 5.75 Å². The summed E-state index contributed by atoms with van der Waals surface area (Å²) in [6.07, 6.45) is 1.20. The van der Waals surface area contributed by atoms with Gasteiger partial charge in [-0.15, -0.1) is 0 Å². The lowest BCUT2D eigenvalue weighted by Crippen LogP contribution is -2.46. The van der Waals surface area contributed by atoms with Gasteiger partial charge in [0.15, 0.2) is 11.6 Å². The molecular weight excluding hydrogens is 261 g/mol. The molecule has 2 atom stereocenters. The number of para-hydroxylation sites is 1. The van der Waals surface area contributed by atoms with Crippen molar-refractivity contribution in [3.63, 3.8) is 0 Å². The highest BCUT2D eigenvalue weighted by molar-refractivity contribution is 5.81. The number of hydrogen-bond acceptors (Lipinski definition) is 4. The summed E-state index contributed by atoms with van der Waals surface area (Å²) in [6, 6.07) is 6.07. The maximum Gasteiger partial charge on any atom is 0.238 e. The summed E-state index contributed by atoms with van der Waals surface area (Å²) in [6.45, 7) is 3.08. The minimum Gasteiger partial charge on any atom is -0.486 e. The Hall–Kier alpha value is -1.66. The molecule has 1 amide bonds. The first-order valence-electron chi connectivity index (χ1n) is 6.88. The summed E-state index contributed by atoms with van der Waals surface area (Å²) < 4.78 is 19.1. The first kappa shape index (κ1) is 14.7. The first-order valence-corrected chi connectivity index (χ1v) is 6.88. The van der Waals surface area contributed by atoms with Crippen LogP contribution in [0.3, 0.4) is 0 Å². The number of ether oxygens (including phenoxy) is 1. The Morgan fingerprint density at radius 1 is 1.55 bits per heavy atom. The quantitative estimate of drug-likeness (QED) is 0.727. The third-order valence-electron chi connectivity index (χ3n) is 3.24. The molecule has 2 unspecified atom stereocenters. The van der Waals surface area contributed by atoms with Crippen molar-refractivity contribution in [2.45, 2.75) is 31.9 Å². The Balaban J connectivity index is 1.83. The van der Waals surface area contributed by atoms with Gasteiger partial charge in [-0.2, -0.15) is 0 Å². The fourth-order valence-corrected chi connectivity index (χ4v) is 2.01. The molecule has 1 heterocycles. The van der Waals surface area contributed by atoms with Crippen LogP contribution in [-0.2, 0) is 4.79 Å². The molecule has 1 aromatic carbocycles. The van der Waals surface area contributed by atoms with Crippen LogP contribution in [0.2, 0.25) is 0 Å². The minimum absolute atomic E-state index is 0.0643. The Labute approximate surface area is 117 Å². The lowest BCUT2D eigenvalue weighted by molar-refractivity contribution is -0.123. The predicted molar refractivity (Wildman–Crippen MR) is 73.7 cm³/mol. The number of carbonyl (C=O) groups excluding carboxylic acids is 1. The highest BCUT2D eigenvalue weighted by Gasteiger charge is 2.22. The molecule has 0 spiro atoms. The van der Waals surface area contributed by atoms with Crippen LogP contribution >= 0.6 is 0 Å². The van der Waals surface area contributed by atoms with Gasteiger partial charge in [-0.3, -0.25) is 10.2 Å². The highest BCUT2D eigenvalue weighted by Crippen LogP contribution is 2.17. The van der Waals surface area contributed by atoms with Crippen molar-refractivity contribution in [2.24, 2.45) is 0 Å². The molecule has 1 aromatic rings. The summed E-state index contributed by atoms with van der Waals surface area (Å²) in [7, 11) is 0. The molecule has 1 aliphatic heterocycles. The highest BCUT2D eigenvalue weighted by atomic mass is 19.1. The molecular formula is C14H20FN3O2. The van der Waals surface area contributed by atoms with E-state index in [0.717, 1.165) is 13.0 Å². The zero-order valence-electron chi connectivity index (χ0n) is 11.5. The fraction of sp³-hybridized carbons (Fsp3) is 0.500. The van der Waals surface area contributed by atoms with E-state index >= 15 is 0 Å². The minimum atomic E-state index is -0.390. The predicted octanol–water partition coefficient (Wildman–Crippen LogP) is 0.966. The van der Waals surface area contributed by atoms with E-state index in [1.165, 1.54) is 6.07 Å². The van der Waals surface area contributed by atoms with E-state index in [0.29, 0.717) is 13.0 Å². The number of carbonyl (C=O) groups is 1. The third kappa shape index (κ3) is 3.91. The molecule has 20 heavy (non-hydrogen) atoms. The second-order valence-corrected chi connectivity index (χ2v) is 4.74. The van der Waals surface area contributed by atoms with Gasteiger partial charge in [-0.1, -0.05) is 19.1 Å². The van der Waals surface area contributed by atoms with Crippen molar-refractivity contribution in [2.75, 3.05) is 13.1 Å². The van der Waals surface area contributed by atoms with E-state index < -0.39 is 0 Å². The molecule has 3 N–H and O–H groups in total. The van der Waals surface area contributed by atoms with Crippen molar-refractivity contribution in [1.82, 2.24) is 16.2 Å². The number of nitrogens with one attached hydrogen (secondary N) is 3. The average molecular weight is 281 g/mol. The molecule has 0 aromatic heterocycles. The maximum atomic E-state index is 13.5. The second-order valence-electron chi connectivity index (χ2n) is 4.74. The molecule has 0 saturated carbocycles. The van der Waals surface area contributed by atoms with Gasteiger partial charge in [-0.05, 0) is 25.0 Å². The summed E-state index contributed by atoms with van der Waals surface area (Å²) >= 11 is 0. The van der Waals surface area contributed by atoms with Gasteiger partial charge < -0.3 is 10.1 Å². The summed E-state index contributed by atoms with van der Waals surface area (Å²) in [5, 5.41) is 2.83. The summed E-state index contributed by atoms with van der Waals surface area (Å²) in [5.74, 6) is -0.237. The van der Waals surface area contributed by atoms with Crippen molar-refractivity contribution < 1.29 is 13.9 Å². The van der Waals surface area contributed by atoms with Gasteiger partial charge in [0, 0.05) is 6.54 Å². The fourth-order valence-electron chi connectivity index (χ4n) is 2.01. The average Bonchev–Trinajstić information content (AvgIpc) is 2.99.